The van der Waals surface area contributed by atoms with Gasteiger partial charge in [-0.1, -0.05) is 18.2 Å². The number of aromatic nitrogens is 1. The SMILES string of the molecule is COC(=O)CC[C@H](NC(=O)c1ccc(-c2ccccn2)cc1)C(=O)O. The smallest absolute Gasteiger partial charge is 0.326 e. The van der Waals surface area contributed by atoms with E-state index in [9.17, 15) is 19.5 Å². The molecule has 0 bridgehead atoms. The maximum atomic E-state index is 12.2. The number of benzene rings is 1. The molecule has 1 heterocycles. The van der Waals surface area contributed by atoms with E-state index in [0.717, 1.165) is 11.3 Å². The third-order valence-electron chi connectivity index (χ3n) is 3.58. The minimum atomic E-state index is -1.21. The van der Waals surface area contributed by atoms with Gasteiger partial charge in [0, 0.05) is 23.7 Å². The number of ether oxygens (including phenoxy) is 1. The largest absolute Gasteiger partial charge is 0.480 e. The number of carboxylic acid groups (broad SMARTS) is 1. The Morgan fingerprint density at radius 1 is 1.16 bits per heavy atom. The van der Waals surface area contributed by atoms with Gasteiger partial charge >= 0.3 is 11.9 Å². The van der Waals surface area contributed by atoms with Crippen LogP contribution in [0.5, 0.6) is 0 Å². The fraction of sp³-hybridized carbons (Fsp3) is 0.222. The summed E-state index contributed by atoms with van der Waals surface area (Å²) in [6, 6.07) is 11.0. The maximum Gasteiger partial charge on any atom is 0.326 e. The monoisotopic (exact) mass is 342 g/mol. The maximum absolute atomic E-state index is 12.2. The molecule has 1 aromatic heterocycles. The van der Waals surface area contributed by atoms with Crippen LogP contribution < -0.4 is 5.32 Å². The quantitative estimate of drug-likeness (QED) is 0.744. The van der Waals surface area contributed by atoms with E-state index in [1.807, 2.05) is 18.2 Å². The van der Waals surface area contributed by atoms with Crippen molar-refractivity contribution in [3.8, 4) is 11.3 Å². The van der Waals surface area contributed by atoms with Gasteiger partial charge in [0.25, 0.3) is 5.91 Å². The summed E-state index contributed by atoms with van der Waals surface area (Å²) in [5, 5.41) is 11.6. The van der Waals surface area contributed by atoms with Gasteiger partial charge in [-0.3, -0.25) is 14.6 Å². The first-order chi connectivity index (χ1) is 12.0. The van der Waals surface area contributed by atoms with Crippen LogP contribution >= 0.6 is 0 Å². The van der Waals surface area contributed by atoms with E-state index in [-0.39, 0.29) is 12.8 Å². The van der Waals surface area contributed by atoms with E-state index in [2.05, 4.69) is 15.0 Å². The van der Waals surface area contributed by atoms with E-state index in [0.29, 0.717) is 5.56 Å². The number of carboxylic acids is 1. The predicted molar refractivity (Wildman–Crippen MR) is 89.8 cm³/mol. The van der Waals surface area contributed by atoms with Gasteiger partial charge in [0.05, 0.1) is 12.8 Å². The van der Waals surface area contributed by atoms with Crippen molar-refractivity contribution in [1.82, 2.24) is 10.3 Å². The van der Waals surface area contributed by atoms with Crippen molar-refractivity contribution in [2.75, 3.05) is 7.11 Å². The number of methoxy groups -OCH3 is 1. The van der Waals surface area contributed by atoms with E-state index < -0.39 is 23.9 Å². The highest BCUT2D eigenvalue weighted by atomic mass is 16.5. The standard InChI is InChI=1S/C18H18N2O5/c1-25-16(21)10-9-15(18(23)24)20-17(22)13-7-5-12(6-8-13)14-4-2-3-11-19-14/h2-8,11,15H,9-10H2,1H3,(H,20,22)(H,23,24)/t15-/m0/s1. The second kappa shape index (κ2) is 8.58. The summed E-state index contributed by atoms with van der Waals surface area (Å²) >= 11 is 0. The number of nitrogens with one attached hydrogen (secondary N) is 1. The van der Waals surface area contributed by atoms with Gasteiger partial charge in [-0.05, 0) is 30.7 Å². The molecule has 0 spiro atoms. The molecule has 0 aliphatic heterocycles. The Hall–Kier alpha value is -3.22. The summed E-state index contributed by atoms with van der Waals surface area (Å²) in [5.41, 5.74) is 1.94. The zero-order chi connectivity index (χ0) is 18.2. The van der Waals surface area contributed by atoms with Crippen molar-refractivity contribution < 1.29 is 24.2 Å². The number of esters is 1. The third-order valence-corrected chi connectivity index (χ3v) is 3.58. The van der Waals surface area contributed by atoms with E-state index in [4.69, 9.17) is 0 Å². The molecule has 1 amide bonds. The Morgan fingerprint density at radius 2 is 1.88 bits per heavy atom. The molecule has 2 rings (SSSR count). The first-order valence-corrected chi connectivity index (χ1v) is 7.63. The average Bonchev–Trinajstić information content (AvgIpc) is 2.65. The van der Waals surface area contributed by atoms with Crippen LogP contribution in [0.3, 0.4) is 0 Å². The van der Waals surface area contributed by atoms with Crippen LogP contribution in [0.25, 0.3) is 11.3 Å². The van der Waals surface area contributed by atoms with Crippen molar-refractivity contribution in [3.05, 3.63) is 54.2 Å². The summed E-state index contributed by atoms with van der Waals surface area (Å²) in [4.78, 5) is 38.8. The fourth-order valence-corrected chi connectivity index (χ4v) is 2.19. The first kappa shape index (κ1) is 18.1. The molecule has 1 atom stereocenters. The predicted octanol–water partition coefficient (Wildman–Crippen LogP) is 1.88. The van der Waals surface area contributed by atoms with Crippen molar-refractivity contribution >= 4 is 17.8 Å². The van der Waals surface area contributed by atoms with Gasteiger partial charge in [0.1, 0.15) is 6.04 Å². The molecule has 0 saturated heterocycles. The number of carbonyl (C=O) groups is 3. The summed E-state index contributed by atoms with van der Waals surface area (Å²) < 4.78 is 4.47. The molecule has 0 radical (unpaired) electrons. The summed E-state index contributed by atoms with van der Waals surface area (Å²) in [7, 11) is 1.22. The van der Waals surface area contributed by atoms with Gasteiger partial charge in [0.15, 0.2) is 0 Å². The van der Waals surface area contributed by atoms with E-state index >= 15 is 0 Å². The van der Waals surface area contributed by atoms with Crippen LogP contribution in [0.4, 0.5) is 0 Å². The second-order valence-corrected chi connectivity index (χ2v) is 5.27. The lowest BCUT2D eigenvalue weighted by Gasteiger charge is -2.14. The van der Waals surface area contributed by atoms with Gasteiger partial charge < -0.3 is 15.2 Å². The minimum Gasteiger partial charge on any atom is -0.480 e. The van der Waals surface area contributed by atoms with Gasteiger partial charge in [-0.2, -0.15) is 0 Å². The lowest BCUT2D eigenvalue weighted by Crippen LogP contribution is -2.41. The molecule has 0 fully saturated rings. The molecule has 0 saturated carbocycles. The zero-order valence-corrected chi connectivity index (χ0v) is 13.6. The molecule has 1 aromatic carbocycles. The Labute approximate surface area is 144 Å². The van der Waals surface area contributed by atoms with Crippen molar-refractivity contribution in [2.45, 2.75) is 18.9 Å². The van der Waals surface area contributed by atoms with Crippen LogP contribution in [-0.2, 0) is 14.3 Å². The van der Waals surface area contributed by atoms with Gasteiger partial charge in [-0.15, -0.1) is 0 Å². The third kappa shape index (κ3) is 5.13. The van der Waals surface area contributed by atoms with Crippen LogP contribution in [0.15, 0.2) is 48.7 Å². The average molecular weight is 342 g/mol. The Kier molecular flexibility index (Phi) is 6.22. The number of hydrogen-bond acceptors (Lipinski definition) is 5. The molecule has 0 aliphatic rings. The zero-order valence-electron chi connectivity index (χ0n) is 13.6. The van der Waals surface area contributed by atoms with Crippen molar-refractivity contribution in [2.24, 2.45) is 0 Å². The summed E-state index contributed by atoms with van der Waals surface area (Å²) in [6.07, 6.45) is 1.54. The van der Waals surface area contributed by atoms with Gasteiger partial charge in [0.2, 0.25) is 0 Å². The molecular formula is C18H18N2O5. The molecule has 25 heavy (non-hydrogen) atoms. The van der Waals surface area contributed by atoms with Gasteiger partial charge in [-0.25, -0.2) is 4.79 Å². The second-order valence-electron chi connectivity index (χ2n) is 5.27. The lowest BCUT2D eigenvalue weighted by molar-refractivity contribution is -0.142. The van der Waals surface area contributed by atoms with Crippen LogP contribution in [-0.4, -0.2) is 41.1 Å². The number of amides is 1. The number of carbonyl (C=O) groups excluding carboxylic acids is 2. The normalized spacial score (nSPS) is 11.4. The number of pyridine rings is 1. The van der Waals surface area contributed by atoms with E-state index in [1.165, 1.54) is 7.11 Å². The number of nitrogens with zero attached hydrogens (tertiary/aromatic N) is 1. The van der Waals surface area contributed by atoms with Crippen LogP contribution in [0.2, 0.25) is 0 Å². The Bertz CT molecular complexity index is 744. The highest BCUT2D eigenvalue weighted by Crippen LogP contribution is 2.17. The summed E-state index contributed by atoms with van der Waals surface area (Å²) in [5.74, 6) is -2.26. The highest BCUT2D eigenvalue weighted by Gasteiger charge is 2.21. The Balaban J connectivity index is 2.03. The van der Waals surface area contributed by atoms with Crippen molar-refractivity contribution in [1.29, 1.82) is 0 Å². The molecule has 2 N–H and O–H groups in total. The topological polar surface area (TPSA) is 106 Å². The number of rotatable bonds is 7. The molecule has 2 aromatic rings. The van der Waals surface area contributed by atoms with E-state index in [1.54, 1.807) is 30.5 Å². The molecule has 7 nitrogen and oxygen atoms in total. The van der Waals surface area contributed by atoms with Crippen molar-refractivity contribution in [3.63, 3.8) is 0 Å². The summed E-state index contributed by atoms with van der Waals surface area (Å²) in [6.45, 7) is 0. The van der Waals surface area contributed by atoms with Crippen LogP contribution in [0, 0.1) is 0 Å². The minimum absolute atomic E-state index is 0.0419. The molecule has 130 valence electrons. The number of hydrogen-bond donors (Lipinski definition) is 2. The molecule has 0 aliphatic carbocycles. The van der Waals surface area contributed by atoms with Crippen LogP contribution in [0.1, 0.15) is 23.2 Å². The molecule has 7 heteroatoms. The first-order valence-electron chi connectivity index (χ1n) is 7.63. The number of aliphatic carboxylic acids is 1. The molecular weight excluding hydrogens is 324 g/mol. The lowest BCUT2D eigenvalue weighted by atomic mass is 10.1. The highest BCUT2D eigenvalue weighted by molar-refractivity contribution is 5.97. The molecule has 0 unspecified atom stereocenters. The Morgan fingerprint density at radius 3 is 2.44 bits per heavy atom. The fourth-order valence-electron chi connectivity index (χ4n) is 2.19.